The van der Waals surface area contributed by atoms with Crippen LogP contribution in [0.4, 0.5) is 0 Å². The highest BCUT2D eigenvalue weighted by Crippen LogP contribution is 2.09. The zero-order valence-electron chi connectivity index (χ0n) is 9.99. The predicted octanol–water partition coefficient (Wildman–Crippen LogP) is 0.675. The van der Waals surface area contributed by atoms with Gasteiger partial charge in [-0.15, -0.1) is 0 Å². The van der Waals surface area contributed by atoms with Crippen molar-refractivity contribution in [2.75, 3.05) is 19.8 Å². The molecule has 0 atom stereocenters. The second kappa shape index (κ2) is 5.87. The van der Waals surface area contributed by atoms with Crippen molar-refractivity contribution in [3.8, 4) is 0 Å². The molecule has 88 valence electrons. The Labute approximate surface area is 91.6 Å². The van der Waals surface area contributed by atoms with E-state index in [0.717, 1.165) is 6.54 Å². The molecule has 0 fully saturated rings. The van der Waals surface area contributed by atoms with Crippen LogP contribution in [0, 0.1) is 0 Å². The summed E-state index contributed by atoms with van der Waals surface area (Å²) in [5.41, 5.74) is 0. The highest BCUT2D eigenvalue weighted by atomic mass is 28.4. The van der Waals surface area contributed by atoms with Crippen molar-refractivity contribution in [3.05, 3.63) is 0 Å². The van der Waals surface area contributed by atoms with Gasteiger partial charge in [-0.3, -0.25) is 9.59 Å². The van der Waals surface area contributed by atoms with E-state index in [1.54, 1.807) is 6.55 Å². The molecule has 15 heavy (non-hydrogen) atoms. The van der Waals surface area contributed by atoms with Gasteiger partial charge in [0.15, 0.2) is 0 Å². The molecule has 6 heteroatoms. The van der Waals surface area contributed by atoms with Gasteiger partial charge in [0.05, 0.1) is 6.17 Å². The van der Waals surface area contributed by atoms with Crippen molar-refractivity contribution in [2.24, 2.45) is 0 Å². The maximum atomic E-state index is 10.9. The van der Waals surface area contributed by atoms with Crippen LogP contribution in [-0.2, 0) is 18.4 Å². The Hall–Kier alpha value is -0.883. The van der Waals surface area contributed by atoms with Crippen molar-refractivity contribution in [3.63, 3.8) is 0 Å². The fourth-order valence-corrected chi connectivity index (χ4v) is 3.89. The van der Waals surface area contributed by atoms with Gasteiger partial charge in [0, 0.05) is 20.4 Å². The number of hydrogen-bond acceptors (Lipinski definition) is 5. The average Bonchev–Trinajstić information content (AvgIpc) is 1.99. The lowest BCUT2D eigenvalue weighted by molar-refractivity contribution is -0.139. The van der Waals surface area contributed by atoms with Gasteiger partial charge in [-0.2, -0.15) is 0 Å². The molecule has 0 unspecified atom stereocenters. The maximum Gasteiger partial charge on any atom is 0.475 e. The van der Waals surface area contributed by atoms with Crippen LogP contribution in [0.1, 0.15) is 20.8 Å². The summed E-state index contributed by atoms with van der Waals surface area (Å²) in [4.78, 5) is 23.8. The first-order chi connectivity index (χ1) is 6.79. The van der Waals surface area contributed by atoms with E-state index >= 15 is 0 Å². The fourth-order valence-electron chi connectivity index (χ4n) is 1.30. The van der Waals surface area contributed by atoms with Gasteiger partial charge in [-0.1, -0.05) is 6.92 Å². The molecule has 0 rings (SSSR count). The second-order valence-electron chi connectivity index (χ2n) is 3.65. The summed E-state index contributed by atoms with van der Waals surface area (Å²) in [5, 5.41) is 0. The molecule has 0 aromatic heterocycles. The highest BCUT2D eigenvalue weighted by molar-refractivity contribution is 6.69. The lowest BCUT2D eigenvalue weighted by atomic mass is 10.7. The Bertz CT molecular complexity index is 228. The van der Waals surface area contributed by atoms with E-state index in [-0.39, 0.29) is 0 Å². The van der Waals surface area contributed by atoms with E-state index in [1.165, 1.54) is 13.8 Å². The number of nitrogens with zero attached hydrogens (tertiary/aromatic N) is 1. The Morgan fingerprint density at radius 2 is 1.60 bits per heavy atom. The zero-order valence-corrected chi connectivity index (χ0v) is 11.0. The van der Waals surface area contributed by atoms with Crippen molar-refractivity contribution in [1.29, 1.82) is 0 Å². The summed E-state index contributed by atoms with van der Waals surface area (Å²) < 4.78 is 10.3. The molecule has 0 aliphatic carbocycles. The minimum atomic E-state index is -2.73. The van der Waals surface area contributed by atoms with Gasteiger partial charge in [0.25, 0.3) is 11.9 Å². The quantitative estimate of drug-likeness (QED) is 0.653. The van der Waals surface area contributed by atoms with Crippen LogP contribution >= 0.6 is 0 Å². The van der Waals surface area contributed by atoms with Crippen molar-refractivity contribution < 1.29 is 18.4 Å². The third-order valence-electron chi connectivity index (χ3n) is 1.82. The molecule has 0 spiro atoms. The Morgan fingerprint density at radius 1 is 1.20 bits per heavy atom. The SMILES string of the molecule is CCN(C)C[Si](C)(OC(C)=O)OC(C)=O. The van der Waals surface area contributed by atoms with Crippen LogP contribution < -0.4 is 0 Å². The average molecular weight is 233 g/mol. The maximum absolute atomic E-state index is 10.9. The van der Waals surface area contributed by atoms with E-state index in [1.807, 2.05) is 18.9 Å². The molecule has 0 saturated heterocycles. The summed E-state index contributed by atoms with van der Waals surface area (Å²) in [6.45, 7) is 7.14. The van der Waals surface area contributed by atoms with Crippen LogP contribution in [0.5, 0.6) is 0 Å². The second-order valence-corrected chi connectivity index (χ2v) is 6.64. The molecule has 5 nitrogen and oxygen atoms in total. The summed E-state index contributed by atoms with van der Waals surface area (Å²) >= 11 is 0. The molecular weight excluding hydrogens is 214 g/mol. The van der Waals surface area contributed by atoms with Crippen LogP contribution in [0.2, 0.25) is 6.55 Å². The van der Waals surface area contributed by atoms with Gasteiger partial charge < -0.3 is 13.8 Å². The summed E-state index contributed by atoms with van der Waals surface area (Å²) in [7, 11) is -0.846. The lowest BCUT2D eigenvalue weighted by Gasteiger charge is -2.28. The third kappa shape index (κ3) is 6.24. The van der Waals surface area contributed by atoms with E-state index in [4.69, 9.17) is 8.85 Å². The molecular formula is C9H19NO4Si. The van der Waals surface area contributed by atoms with Gasteiger partial charge in [-0.25, -0.2) is 0 Å². The van der Waals surface area contributed by atoms with Crippen LogP contribution in [0.15, 0.2) is 0 Å². The van der Waals surface area contributed by atoms with Gasteiger partial charge in [0.1, 0.15) is 0 Å². The molecule has 0 N–H and O–H groups in total. The van der Waals surface area contributed by atoms with E-state index in [2.05, 4.69) is 0 Å². The first-order valence-electron chi connectivity index (χ1n) is 4.87. The monoisotopic (exact) mass is 233 g/mol. The third-order valence-corrected chi connectivity index (χ3v) is 4.37. The summed E-state index contributed by atoms with van der Waals surface area (Å²) in [5.74, 6) is -0.815. The highest BCUT2D eigenvalue weighted by Gasteiger charge is 2.39. The Morgan fingerprint density at radius 3 is 1.87 bits per heavy atom. The molecule has 0 aliphatic heterocycles. The molecule has 0 aromatic rings. The normalized spacial score (nSPS) is 11.3. The number of carbonyl (C=O) groups excluding carboxylic acids is 2. The van der Waals surface area contributed by atoms with Gasteiger partial charge in [-0.05, 0) is 13.6 Å². The topological polar surface area (TPSA) is 55.8 Å². The molecule has 0 bridgehead atoms. The smallest absolute Gasteiger partial charge is 0.475 e. The van der Waals surface area contributed by atoms with Crippen molar-refractivity contribution in [1.82, 2.24) is 4.90 Å². The van der Waals surface area contributed by atoms with Crippen LogP contribution in [0.25, 0.3) is 0 Å². The van der Waals surface area contributed by atoms with Gasteiger partial charge in [0.2, 0.25) is 0 Å². The minimum Gasteiger partial charge on any atom is -0.484 e. The number of hydrogen-bond donors (Lipinski definition) is 0. The van der Waals surface area contributed by atoms with Crippen molar-refractivity contribution >= 4 is 20.5 Å². The predicted molar refractivity (Wildman–Crippen MR) is 58.3 cm³/mol. The molecule has 0 aliphatic rings. The fraction of sp³-hybridized carbons (Fsp3) is 0.778. The van der Waals surface area contributed by atoms with Crippen LogP contribution in [0.3, 0.4) is 0 Å². The first-order valence-corrected chi connectivity index (χ1v) is 7.39. The molecule has 0 aromatic carbocycles. The van der Waals surface area contributed by atoms with E-state index < -0.39 is 20.5 Å². The summed E-state index contributed by atoms with van der Waals surface area (Å²) in [6, 6.07) is 0. The minimum absolute atomic E-state index is 0.407. The summed E-state index contributed by atoms with van der Waals surface area (Å²) in [6.07, 6.45) is 0.489. The van der Waals surface area contributed by atoms with Crippen molar-refractivity contribution in [2.45, 2.75) is 27.3 Å². The molecule has 0 radical (unpaired) electrons. The zero-order chi connectivity index (χ0) is 12.1. The largest absolute Gasteiger partial charge is 0.484 e. The first kappa shape index (κ1) is 14.1. The standard InChI is InChI=1S/C9H19NO4Si/c1-6-10(4)7-15(5,13-8(2)11)14-9(3)12/h6-7H2,1-5H3. The molecule has 0 heterocycles. The van der Waals surface area contributed by atoms with E-state index in [9.17, 15) is 9.59 Å². The molecule has 0 amide bonds. The Balaban J connectivity index is 4.53. The number of rotatable bonds is 5. The number of carbonyl (C=O) groups is 2. The lowest BCUT2D eigenvalue weighted by Crippen LogP contribution is -2.51. The van der Waals surface area contributed by atoms with Crippen LogP contribution in [-0.4, -0.2) is 45.2 Å². The Kier molecular flexibility index (Phi) is 5.52. The van der Waals surface area contributed by atoms with Gasteiger partial charge >= 0.3 is 8.56 Å². The molecule has 0 saturated carbocycles. The van der Waals surface area contributed by atoms with E-state index in [0.29, 0.717) is 6.17 Å².